The topological polar surface area (TPSA) is 108 Å². The van der Waals surface area contributed by atoms with Crippen LogP contribution in [-0.4, -0.2) is 103 Å². The van der Waals surface area contributed by atoms with Crippen LogP contribution in [0.3, 0.4) is 0 Å². The normalized spacial score (nSPS) is 23.0. The van der Waals surface area contributed by atoms with E-state index in [1.807, 2.05) is 11.8 Å². The summed E-state index contributed by atoms with van der Waals surface area (Å²) in [5.74, 6) is 0.401. The van der Waals surface area contributed by atoms with Crippen LogP contribution < -0.4 is 5.32 Å². The molecule has 3 aliphatic rings. The maximum absolute atomic E-state index is 13.5. The van der Waals surface area contributed by atoms with E-state index in [1.165, 1.54) is 29.0 Å². The van der Waals surface area contributed by atoms with E-state index in [-0.39, 0.29) is 18.1 Å². The van der Waals surface area contributed by atoms with Crippen molar-refractivity contribution in [3.8, 4) is 0 Å². The number of amides is 1. The van der Waals surface area contributed by atoms with Gasteiger partial charge in [-0.3, -0.25) is 4.79 Å². The molecule has 0 saturated carbocycles. The van der Waals surface area contributed by atoms with Gasteiger partial charge >= 0.3 is 6.18 Å². The van der Waals surface area contributed by atoms with Crippen LogP contribution in [0.5, 0.6) is 0 Å². The number of anilines is 1. The van der Waals surface area contributed by atoms with Gasteiger partial charge in [0.1, 0.15) is 17.8 Å². The van der Waals surface area contributed by atoms with Gasteiger partial charge in [-0.1, -0.05) is 12.1 Å². The average molecular weight is 653 g/mol. The summed E-state index contributed by atoms with van der Waals surface area (Å²) < 4.78 is 71.1. The predicted molar refractivity (Wildman–Crippen MR) is 164 cm³/mol. The summed E-state index contributed by atoms with van der Waals surface area (Å²) in [6, 6.07) is 5.71. The molecular formula is C31H43F3N6O4S. The Morgan fingerprint density at radius 2 is 1.78 bits per heavy atom. The lowest BCUT2D eigenvalue weighted by molar-refractivity contribution is -0.137. The Hall–Kier alpha value is -2.81. The van der Waals surface area contributed by atoms with Gasteiger partial charge in [0.05, 0.1) is 24.0 Å². The zero-order valence-electron chi connectivity index (χ0n) is 26.1. The van der Waals surface area contributed by atoms with Gasteiger partial charge in [0.25, 0.3) is 5.91 Å². The number of sulfonamides is 1. The number of nitrogens with zero attached hydrogens (tertiary/aromatic N) is 5. The van der Waals surface area contributed by atoms with E-state index >= 15 is 0 Å². The molecule has 45 heavy (non-hydrogen) atoms. The molecule has 10 nitrogen and oxygen atoms in total. The van der Waals surface area contributed by atoms with Gasteiger partial charge in [-0.2, -0.15) is 13.2 Å². The molecule has 14 heteroatoms. The molecule has 3 aliphatic heterocycles. The van der Waals surface area contributed by atoms with E-state index < -0.39 is 27.9 Å². The van der Waals surface area contributed by atoms with E-state index in [0.717, 1.165) is 57.7 Å². The molecule has 2 aromatic rings. The third kappa shape index (κ3) is 8.13. The van der Waals surface area contributed by atoms with E-state index in [4.69, 9.17) is 4.74 Å². The number of aromatic nitrogens is 2. The summed E-state index contributed by atoms with van der Waals surface area (Å²) in [5.41, 5.74) is 0.837. The number of nitrogens with one attached hydrogen (secondary N) is 1. The molecule has 0 unspecified atom stereocenters. The predicted octanol–water partition coefficient (Wildman–Crippen LogP) is 4.49. The molecule has 248 valence electrons. The second kappa shape index (κ2) is 13.9. The first-order valence-electron chi connectivity index (χ1n) is 15.7. The lowest BCUT2D eigenvalue weighted by atomic mass is 9.97. The molecule has 0 spiro atoms. The maximum Gasteiger partial charge on any atom is 0.416 e. The van der Waals surface area contributed by atoms with Gasteiger partial charge in [-0.25, -0.2) is 22.7 Å². The number of benzene rings is 1. The van der Waals surface area contributed by atoms with Crippen LogP contribution in [0.2, 0.25) is 0 Å². The first-order chi connectivity index (χ1) is 21.3. The van der Waals surface area contributed by atoms with Crippen molar-refractivity contribution in [2.45, 2.75) is 82.3 Å². The standard InChI is InChI=1S/C31H43F3N6O4S/c1-21-28(30(41)40-16-12-25(13-17-40)39-14-10-24(11-15-39)38(2)45(3,42)43)36-20-37-29(21)35-19-26-8-5-9-27(44-26)22-6-4-7-23(18-22)31(32,33)34/h4,6-7,18,20,24-27H,5,8-17,19H2,1-3H3,(H,35,36,37)/t26-,27+/m0/s1. The number of carbonyl (C=O) groups excluding carboxylic acids is 1. The quantitative estimate of drug-likeness (QED) is 0.445. The molecule has 1 amide bonds. The van der Waals surface area contributed by atoms with Gasteiger partial charge in [-0.05, 0) is 82.7 Å². The van der Waals surface area contributed by atoms with Crippen molar-refractivity contribution in [3.63, 3.8) is 0 Å². The molecule has 3 saturated heterocycles. The number of halogens is 3. The minimum Gasteiger partial charge on any atom is -0.368 e. The first-order valence-corrected chi connectivity index (χ1v) is 17.5. The molecule has 0 bridgehead atoms. The summed E-state index contributed by atoms with van der Waals surface area (Å²) in [6.07, 6.45) is 3.12. The second-order valence-electron chi connectivity index (χ2n) is 12.4. The van der Waals surface area contributed by atoms with Crippen LogP contribution in [0.25, 0.3) is 0 Å². The number of ether oxygens (including phenoxy) is 1. The highest BCUT2D eigenvalue weighted by Gasteiger charge is 2.34. The minimum atomic E-state index is -4.40. The van der Waals surface area contributed by atoms with Gasteiger partial charge in [0, 0.05) is 44.3 Å². The summed E-state index contributed by atoms with van der Waals surface area (Å²) >= 11 is 0. The van der Waals surface area contributed by atoms with Crippen LogP contribution >= 0.6 is 0 Å². The highest BCUT2D eigenvalue weighted by Crippen LogP contribution is 2.35. The largest absolute Gasteiger partial charge is 0.416 e. The van der Waals surface area contributed by atoms with Gasteiger partial charge < -0.3 is 19.9 Å². The zero-order chi connectivity index (χ0) is 32.4. The Labute approximate surface area is 263 Å². The number of hydrogen-bond donors (Lipinski definition) is 1. The fourth-order valence-electron chi connectivity index (χ4n) is 6.73. The van der Waals surface area contributed by atoms with Crippen molar-refractivity contribution in [2.24, 2.45) is 0 Å². The molecule has 1 aromatic heterocycles. The molecule has 3 fully saturated rings. The zero-order valence-corrected chi connectivity index (χ0v) is 26.9. The Morgan fingerprint density at radius 3 is 2.44 bits per heavy atom. The van der Waals surface area contributed by atoms with Gasteiger partial charge in [0.15, 0.2) is 0 Å². The fraction of sp³-hybridized carbons (Fsp3) is 0.645. The fourth-order valence-corrected chi connectivity index (χ4v) is 7.49. The smallest absolute Gasteiger partial charge is 0.368 e. The molecule has 4 heterocycles. The number of rotatable bonds is 8. The summed E-state index contributed by atoms with van der Waals surface area (Å²) in [7, 11) is -1.55. The number of likely N-dealkylation sites (tertiary alicyclic amines) is 2. The number of piperidine rings is 2. The maximum atomic E-state index is 13.5. The SMILES string of the molecule is Cc1c(NC[C@@H]2CCC[C@H](c3cccc(C(F)(F)F)c3)O2)ncnc1C(=O)N1CCC(N2CCC(N(C)S(C)(=O)=O)CC2)CC1. The molecular weight excluding hydrogens is 609 g/mol. The lowest BCUT2D eigenvalue weighted by Gasteiger charge is -2.43. The van der Waals surface area contributed by atoms with Crippen LogP contribution in [0, 0.1) is 6.92 Å². The number of carbonyl (C=O) groups is 1. The van der Waals surface area contributed by atoms with Crippen molar-refractivity contribution >= 4 is 21.7 Å². The molecule has 5 rings (SSSR count). The van der Waals surface area contributed by atoms with E-state index in [2.05, 4.69) is 20.2 Å². The average Bonchev–Trinajstić information content (AvgIpc) is 3.03. The highest BCUT2D eigenvalue weighted by molar-refractivity contribution is 7.88. The number of alkyl halides is 3. The monoisotopic (exact) mass is 652 g/mol. The van der Waals surface area contributed by atoms with Gasteiger partial charge in [-0.15, -0.1) is 0 Å². The first kappa shape index (κ1) is 33.6. The molecule has 2 atom stereocenters. The van der Waals surface area contributed by atoms with Crippen LogP contribution in [-0.2, 0) is 20.9 Å². The Balaban J connectivity index is 1.12. The van der Waals surface area contributed by atoms with Gasteiger partial charge in [0.2, 0.25) is 10.0 Å². The molecule has 0 radical (unpaired) electrons. The molecule has 1 aromatic carbocycles. The lowest BCUT2D eigenvalue weighted by Crippen LogP contribution is -2.52. The molecule has 1 N–H and O–H groups in total. The van der Waals surface area contributed by atoms with Crippen LogP contribution in [0.1, 0.15) is 78.2 Å². The minimum absolute atomic E-state index is 0.0305. The third-order valence-corrected chi connectivity index (χ3v) is 10.9. The Kier molecular flexibility index (Phi) is 10.4. The summed E-state index contributed by atoms with van der Waals surface area (Å²) in [5, 5.41) is 3.28. The van der Waals surface area contributed by atoms with E-state index in [9.17, 15) is 26.4 Å². The Bertz CT molecular complexity index is 1440. The summed E-state index contributed by atoms with van der Waals surface area (Å²) in [4.78, 5) is 26.4. The van der Waals surface area contributed by atoms with Crippen molar-refractivity contribution in [1.29, 1.82) is 0 Å². The van der Waals surface area contributed by atoms with Crippen molar-refractivity contribution in [3.05, 3.63) is 53.0 Å². The van der Waals surface area contributed by atoms with E-state index in [1.54, 1.807) is 13.1 Å². The van der Waals surface area contributed by atoms with E-state index in [0.29, 0.717) is 54.7 Å². The second-order valence-corrected chi connectivity index (χ2v) is 14.5. The van der Waals surface area contributed by atoms with Crippen LogP contribution in [0.4, 0.5) is 19.0 Å². The van der Waals surface area contributed by atoms with Crippen LogP contribution in [0.15, 0.2) is 30.6 Å². The van der Waals surface area contributed by atoms with Crippen molar-refractivity contribution < 1.29 is 31.1 Å². The third-order valence-electron chi connectivity index (χ3n) is 9.52. The summed E-state index contributed by atoms with van der Waals surface area (Å²) in [6.45, 7) is 5.14. The Morgan fingerprint density at radius 1 is 1.07 bits per heavy atom. The number of hydrogen-bond acceptors (Lipinski definition) is 8. The van der Waals surface area contributed by atoms with Crippen molar-refractivity contribution in [2.75, 3.05) is 51.3 Å². The molecule has 0 aliphatic carbocycles. The highest BCUT2D eigenvalue weighted by atomic mass is 32.2. The van der Waals surface area contributed by atoms with Crippen molar-refractivity contribution in [1.82, 2.24) is 24.1 Å².